The molecule has 25 heavy (non-hydrogen) atoms. The van der Waals surface area contributed by atoms with Crippen molar-refractivity contribution in [1.82, 2.24) is 15.1 Å². The first-order chi connectivity index (χ1) is 11.6. The number of nitrogens with zero attached hydrogens (tertiary/aromatic N) is 2. The van der Waals surface area contributed by atoms with Crippen molar-refractivity contribution in [2.75, 3.05) is 19.0 Å². The van der Waals surface area contributed by atoms with Gasteiger partial charge in [0.2, 0.25) is 11.8 Å². The second-order valence-corrected chi connectivity index (χ2v) is 5.23. The summed E-state index contributed by atoms with van der Waals surface area (Å²) in [5.41, 5.74) is 7.15. The molecule has 1 heterocycles. The van der Waals surface area contributed by atoms with E-state index < -0.39 is 6.04 Å². The summed E-state index contributed by atoms with van der Waals surface area (Å²) in [7, 11) is 1.49. The van der Waals surface area contributed by atoms with Gasteiger partial charge in [-0.1, -0.05) is 12.1 Å². The molecule has 8 nitrogen and oxygen atoms in total. The maximum absolute atomic E-state index is 11.9. The van der Waals surface area contributed by atoms with Crippen LogP contribution in [-0.4, -0.2) is 41.4 Å². The Labute approximate surface area is 152 Å². The Morgan fingerprint density at radius 2 is 2.16 bits per heavy atom. The third kappa shape index (κ3) is 6.92. The molecule has 9 heteroatoms. The molecule has 0 aliphatic rings. The molecule has 0 radical (unpaired) electrons. The molecule has 0 aliphatic heterocycles. The Kier molecular flexibility index (Phi) is 8.62. The molecule has 1 unspecified atom stereocenters. The van der Waals surface area contributed by atoms with Crippen molar-refractivity contribution in [3.63, 3.8) is 0 Å². The monoisotopic (exact) mass is 367 g/mol. The molecule has 1 aromatic carbocycles. The Bertz CT molecular complexity index is 678. The summed E-state index contributed by atoms with van der Waals surface area (Å²) in [6.07, 6.45) is 3.33. The highest BCUT2D eigenvalue weighted by Crippen LogP contribution is 2.10. The quantitative estimate of drug-likeness (QED) is 0.630. The maximum atomic E-state index is 11.9. The molecule has 0 saturated heterocycles. The summed E-state index contributed by atoms with van der Waals surface area (Å²) in [5.74, 6) is -0.466. The van der Waals surface area contributed by atoms with E-state index in [0.717, 1.165) is 5.56 Å². The highest BCUT2D eigenvalue weighted by molar-refractivity contribution is 5.90. The average Bonchev–Trinajstić information content (AvgIpc) is 3.06. The summed E-state index contributed by atoms with van der Waals surface area (Å²) in [6.45, 7) is 0.619. The molecule has 1 atom stereocenters. The van der Waals surface area contributed by atoms with Crippen molar-refractivity contribution >= 4 is 29.9 Å². The smallest absolute Gasteiger partial charge is 0.246 e. The van der Waals surface area contributed by atoms with E-state index in [-0.39, 0.29) is 37.4 Å². The number of carbonyl (C=O) groups is 2. The fourth-order valence-corrected chi connectivity index (χ4v) is 2.08. The Balaban J connectivity index is 0.00000312. The zero-order valence-electron chi connectivity index (χ0n) is 13.8. The highest BCUT2D eigenvalue weighted by Gasteiger charge is 2.12. The third-order valence-corrected chi connectivity index (χ3v) is 3.23. The fraction of sp³-hybridized carbons (Fsp3) is 0.312. The van der Waals surface area contributed by atoms with E-state index in [1.165, 1.54) is 11.8 Å². The number of ether oxygens (including phenoxy) is 1. The number of hydrogen-bond acceptors (Lipinski definition) is 5. The summed E-state index contributed by atoms with van der Waals surface area (Å²) in [5, 5.41) is 9.51. The number of nitrogens with two attached hydrogens (primary N) is 1. The highest BCUT2D eigenvalue weighted by atomic mass is 35.5. The molecule has 0 saturated carbocycles. The summed E-state index contributed by atoms with van der Waals surface area (Å²) in [4.78, 5) is 23.7. The molecule has 0 fully saturated rings. The van der Waals surface area contributed by atoms with Crippen LogP contribution in [-0.2, 0) is 27.4 Å². The number of halogens is 1. The van der Waals surface area contributed by atoms with Crippen LogP contribution in [0.4, 0.5) is 5.69 Å². The number of aromatic nitrogens is 2. The van der Waals surface area contributed by atoms with Gasteiger partial charge in [-0.3, -0.25) is 14.3 Å². The molecule has 2 aromatic rings. The van der Waals surface area contributed by atoms with Gasteiger partial charge in [0.05, 0.1) is 6.61 Å². The van der Waals surface area contributed by atoms with Gasteiger partial charge < -0.3 is 21.1 Å². The van der Waals surface area contributed by atoms with Gasteiger partial charge in [0, 0.05) is 31.7 Å². The lowest BCUT2D eigenvalue weighted by molar-refractivity contribution is -0.123. The first-order valence-electron chi connectivity index (χ1n) is 7.47. The minimum Gasteiger partial charge on any atom is -0.383 e. The standard InChI is InChI=1S/C16H21N5O3.ClH/c1-24-11-14(17)16(23)18-9-12-4-2-5-13(8-12)20-15(22)10-21-7-3-6-19-21;/h2-8,14H,9-11,17H2,1H3,(H,18,23)(H,20,22);1H. The lowest BCUT2D eigenvalue weighted by Crippen LogP contribution is -2.43. The van der Waals surface area contributed by atoms with Gasteiger partial charge in [0.15, 0.2) is 0 Å². The lowest BCUT2D eigenvalue weighted by atomic mass is 10.2. The van der Waals surface area contributed by atoms with Crippen LogP contribution in [0.3, 0.4) is 0 Å². The average molecular weight is 368 g/mol. The van der Waals surface area contributed by atoms with E-state index >= 15 is 0 Å². The Hall–Kier alpha value is -2.42. The van der Waals surface area contributed by atoms with E-state index in [1.807, 2.05) is 6.07 Å². The van der Waals surface area contributed by atoms with E-state index in [9.17, 15) is 9.59 Å². The Morgan fingerprint density at radius 3 is 2.84 bits per heavy atom. The van der Waals surface area contributed by atoms with Crippen LogP contribution in [0.1, 0.15) is 5.56 Å². The van der Waals surface area contributed by atoms with Crippen molar-refractivity contribution in [3.05, 3.63) is 48.3 Å². The predicted octanol–water partition coefficient (Wildman–Crippen LogP) is 0.534. The molecule has 2 rings (SSSR count). The second kappa shape index (κ2) is 10.4. The lowest BCUT2D eigenvalue weighted by Gasteiger charge is -2.12. The van der Waals surface area contributed by atoms with Crippen LogP contribution >= 0.6 is 12.4 Å². The van der Waals surface area contributed by atoms with Gasteiger partial charge in [-0.25, -0.2) is 0 Å². The Morgan fingerprint density at radius 1 is 1.36 bits per heavy atom. The number of rotatable bonds is 8. The van der Waals surface area contributed by atoms with Crippen molar-refractivity contribution in [3.8, 4) is 0 Å². The summed E-state index contributed by atoms with van der Waals surface area (Å²) < 4.78 is 6.38. The normalized spacial score (nSPS) is 11.3. The number of hydrogen-bond donors (Lipinski definition) is 3. The predicted molar refractivity (Wildman–Crippen MR) is 96.2 cm³/mol. The van der Waals surface area contributed by atoms with Crippen molar-refractivity contribution < 1.29 is 14.3 Å². The van der Waals surface area contributed by atoms with E-state index in [0.29, 0.717) is 12.2 Å². The van der Waals surface area contributed by atoms with Crippen LogP contribution in [0, 0.1) is 0 Å². The molecule has 136 valence electrons. The van der Waals surface area contributed by atoms with Gasteiger partial charge in [0.25, 0.3) is 0 Å². The molecular formula is C16H22ClN5O3. The van der Waals surface area contributed by atoms with Crippen molar-refractivity contribution in [1.29, 1.82) is 0 Å². The molecule has 1 aromatic heterocycles. The van der Waals surface area contributed by atoms with Crippen molar-refractivity contribution in [2.24, 2.45) is 5.73 Å². The first kappa shape index (κ1) is 20.6. The molecular weight excluding hydrogens is 346 g/mol. The van der Waals surface area contributed by atoms with E-state index in [4.69, 9.17) is 10.5 Å². The summed E-state index contributed by atoms with van der Waals surface area (Å²) in [6, 6.07) is 8.29. The zero-order valence-corrected chi connectivity index (χ0v) is 14.7. The van der Waals surface area contributed by atoms with Crippen LogP contribution in [0.25, 0.3) is 0 Å². The number of amides is 2. The maximum Gasteiger partial charge on any atom is 0.246 e. The summed E-state index contributed by atoms with van der Waals surface area (Å²) >= 11 is 0. The SMILES string of the molecule is COCC(N)C(=O)NCc1cccc(NC(=O)Cn2cccn2)c1.Cl. The number of anilines is 1. The third-order valence-electron chi connectivity index (χ3n) is 3.23. The van der Waals surface area contributed by atoms with Gasteiger partial charge in [-0.05, 0) is 23.8 Å². The zero-order chi connectivity index (χ0) is 17.4. The van der Waals surface area contributed by atoms with Gasteiger partial charge in [-0.2, -0.15) is 5.10 Å². The van der Waals surface area contributed by atoms with Gasteiger partial charge in [-0.15, -0.1) is 12.4 Å². The topological polar surface area (TPSA) is 111 Å². The van der Waals surface area contributed by atoms with Gasteiger partial charge in [0.1, 0.15) is 12.6 Å². The molecule has 0 aliphatic carbocycles. The number of nitrogens with one attached hydrogen (secondary N) is 2. The molecule has 4 N–H and O–H groups in total. The van der Waals surface area contributed by atoms with Gasteiger partial charge >= 0.3 is 0 Å². The minimum atomic E-state index is -0.702. The first-order valence-corrected chi connectivity index (χ1v) is 7.47. The van der Waals surface area contributed by atoms with Crippen LogP contribution in [0.15, 0.2) is 42.7 Å². The molecule has 2 amide bonds. The van der Waals surface area contributed by atoms with Crippen LogP contribution < -0.4 is 16.4 Å². The molecule has 0 spiro atoms. The number of benzene rings is 1. The minimum absolute atomic E-state index is 0. The van der Waals surface area contributed by atoms with E-state index in [2.05, 4.69) is 15.7 Å². The fourth-order valence-electron chi connectivity index (χ4n) is 2.08. The van der Waals surface area contributed by atoms with E-state index in [1.54, 1.807) is 36.7 Å². The largest absolute Gasteiger partial charge is 0.383 e. The number of carbonyl (C=O) groups excluding carboxylic acids is 2. The van der Waals surface area contributed by atoms with Crippen molar-refractivity contribution in [2.45, 2.75) is 19.1 Å². The van der Waals surface area contributed by atoms with Crippen LogP contribution in [0.5, 0.6) is 0 Å². The molecule has 0 bridgehead atoms. The second-order valence-electron chi connectivity index (χ2n) is 5.23. The number of methoxy groups -OCH3 is 1. The van der Waals surface area contributed by atoms with Crippen LogP contribution in [0.2, 0.25) is 0 Å².